The molecule has 7 nitrogen and oxygen atoms in total. The van der Waals surface area contributed by atoms with Gasteiger partial charge in [0.15, 0.2) is 6.61 Å². The van der Waals surface area contributed by atoms with Crippen molar-refractivity contribution in [1.29, 1.82) is 0 Å². The summed E-state index contributed by atoms with van der Waals surface area (Å²) in [6.45, 7) is 5.42. The van der Waals surface area contributed by atoms with Crippen molar-refractivity contribution in [2.45, 2.75) is 45.1 Å². The Hall–Kier alpha value is -3.35. The van der Waals surface area contributed by atoms with Gasteiger partial charge < -0.3 is 20.1 Å². The molecule has 0 aliphatic carbocycles. The van der Waals surface area contributed by atoms with Crippen molar-refractivity contribution in [3.05, 3.63) is 71.8 Å². The van der Waals surface area contributed by atoms with Crippen molar-refractivity contribution < 1.29 is 23.9 Å². The van der Waals surface area contributed by atoms with Crippen LogP contribution < -0.4 is 10.6 Å². The van der Waals surface area contributed by atoms with Gasteiger partial charge in [-0.1, -0.05) is 60.7 Å². The third-order valence-corrected chi connectivity index (χ3v) is 4.52. The molecule has 0 heterocycles. The highest BCUT2D eigenvalue weighted by atomic mass is 16.6. The first-order valence-electron chi connectivity index (χ1n) is 10.7. The molecule has 7 heteroatoms. The zero-order chi connectivity index (χ0) is 23.4. The molecular weight excluding hydrogens is 408 g/mol. The van der Waals surface area contributed by atoms with E-state index in [2.05, 4.69) is 34.9 Å². The smallest absolute Gasteiger partial charge is 0.407 e. The summed E-state index contributed by atoms with van der Waals surface area (Å²) in [6.07, 6.45) is 0.0684. The van der Waals surface area contributed by atoms with Crippen molar-refractivity contribution in [2.24, 2.45) is 0 Å². The normalized spacial score (nSPS) is 11.0. The lowest BCUT2D eigenvalue weighted by atomic mass is 9.88. The first kappa shape index (κ1) is 24.9. The van der Waals surface area contributed by atoms with Crippen LogP contribution in [0.3, 0.4) is 0 Å². The minimum atomic E-state index is -0.608. The van der Waals surface area contributed by atoms with Crippen LogP contribution in [0.5, 0.6) is 0 Å². The molecule has 2 rings (SSSR count). The van der Waals surface area contributed by atoms with E-state index in [-0.39, 0.29) is 31.4 Å². The fourth-order valence-electron chi connectivity index (χ4n) is 3.10. The number of carbonyl (C=O) groups excluding carboxylic acids is 3. The van der Waals surface area contributed by atoms with E-state index < -0.39 is 17.7 Å². The average Bonchev–Trinajstić information content (AvgIpc) is 2.75. The number of amides is 2. The molecule has 2 amide bonds. The quantitative estimate of drug-likeness (QED) is 0.549. The second kappa shape index (κ2) is 12.5. The van der Waals surface area contributed by atoms with E-state index in [1.165, 1.54) is 11.1 Å². The molecule has 0 aliphatic heterocycles. The van der Waals surface area contributed by atoms with Gasteiger partial charge in [-0.3, -0.25) is 9.59 Å². The van der Waals surface area contributed by atoms with Gasteiger partial charge in [0.2, 0.25) is 0 Å². The molecular formula is C25H32N2O5. The van der Waals surface area contributed by atoms with E-state index in [1.807, 2.05) is 36.4 Å². The van der Waals surface area contributed by atoms with Crippen LogP contribution in [0.2, 0.25) is 0 Å². The fourth-order valence-corrected chi connectivity index (χ4v) is 3.10. The third kappa shape index (κ3) is 9.64. The Morgan fingerprint density at radius 1 is 0.844 bits per heavy atom. The van der Waals surface area contributed by atoms with E-state index in [9.17, 15) is 14.4 Å². The van der Waals surface area contributed by atoms with Crippen molar-refractivity contribution in [3.63, 3.8) is 0 Å². The van der Waals surface area contributed by atoms with E-state index >= 15 is 0 Å². The molecule has 0 atom stereocenters. The second-order valence-corrected chi connectivity index (χ2v) is 8.35. The molecule has 0 fully saturated rings. The van der Waals surface area contributed by atoms with Gasteiger partial charge in [-0.05, 0) is 38.3 Å². The van der Waals surface area contributed by atoms with Crippen LogP contribution in [-0.4, -0.2) is 43.3 Å². The maximum Gasteiger partial charge on any atom is 0.407 e. The monoisotopic (exact) mass is 440 g/mol. The van der Waals surface area contributed by atoms with Crippen LogP contribution in [-0.2, 0) is 19.1 Å². The lowest BCUT2D eigenvalue weighted by molar-refractivity contribution is -0.148. The van der Waals surface area contributed by atoms with Crippen molar-refractivity contribution in [1.82, 2.24) is 10.6 Å². The summed E-state index contributed by atoms with van der Waals surface area (Å²) in [5, 5.41) is 5.28. The Balaban J connectivity index is 1.70. The van der Waals surface area contributed by atoms with Gasteiger partial charge >= 0.3 is 12.1 Å². The summed E-state index contributed by atoms with van der Waals surface area (Å²) in [5.41, 5.74) is 1.75. The summed E-state index contributed by atoms with van der Waals surface area (Å²) in [5.74, 6) is -0.778. The first-order valence-corrected chi connectivity index (χ1v) is 10.7. The number of hydrogen-bond donors (Lipinski definition) is 2. The van der Waals surface area contributed by atoms with E-state index in [0.29, 0.717) is 13.0 Å². The molecule has 0 saturated heterocycles. The Bertz CT molecular complexity index is 823. The maximum absolute atomic E-state index is 12.1. The van der Waals surface area contributed by atoms with Crippen molar-refractivity contribution in [2.75, 3.05) is 19.7 Å². The molecule has 0 saturated carbocycles. The highest BCUT2D eigenvalue weighted by molar-refractivity contribution is 5.80. The Labute approximate surface area is 189 Å². The highest BCUT2D eigenvalue weighted by Gasteiger charge is 2.17. The van der Waals surface area contributed by atoms with Gasteiger partial charge in [-0.2, -0.15) is 0 Å². The van der Waals surface area contributed by atoms with Gasteiger partial charge in [-0.25, -0.2) is 4.79 Å². The highest BCUT2D eigenvalue weighted by Crippen LogP contribution is 2.27. The van der Waals surface area contributed by atoms with Gasteiger partial charge in [-0.15, -0.1) is 0 Å². The van der Waals surface area contributed by atoms with Crippen LogP contribution in [0, 0.1) is 0 Å². The molecule has 0 aromatic heterocycles. The molecule has 0 unspecified atom stereocenters. The minimum absolute atomic E-state index is 0.0450. The van der Waals surface area contributed by atoms with Crippen molar-refractivity contribution in [3.8, 4) is 0 Å². The van der Waals surface area contributed by atoms with Gasteiger partial charge in [0.05, 0.1) is 6.42 Å². The second-order valence-electron chi connectivity index (χ2n) is 8.35. The van der Waals surface area contributed by atoms with Gasteiger partial charge in [0, 0.05) is 19.0 Å². The fraction of sp³-hybridized carbons (Fsp3) is 0.400. The SMILES string of the molecule is CC(C)(C)OC(=O)NCCC(=O)OCC(=O)NCCC(c1ccccc1)c1ccccc1. The molecule has 2 N–H and O–H groups in total. The summed E-state index contributed by atoms with van der Waals surface area (Å²) in [4.78, 5) is 35.4. The van der Waals surface area contributed by atoms with Gasteiger partial charge in [0.1, 0.15) is 5.60 Å². The van der Waals surface area contributed by atoms with E-state index in [4.69, 9.17) is 9.47 Å². The predicted octanol–water partition coefficient (Wildman–Crippen LogP) is 3.78. The first-order chi connectivity index (χ1) is 15.2. The van der Waals surface area contributed by atoms with Gasteiger partial charge in [0.25, 0.3) is 5.91 Å². The number of benzene rings is 2. The molecule has 0 spiro atoms. The predicted molar refractivity (Wildman–Crippen MR) is 122 cm³/mol. The zero-order valence-corrected chi connectivity index (χ0v) is 18.9. The largest absolute Gasteiger partial charge is 0.456 e. The Morgan fingerprint density at radius 3 is 1.94 bits per heavy atom. The van der Waals surface area contributed by atoms with Crippen LogP contribution in [0.1, 0.15) is 50.7 Å². The molecule has 2 aromatic carbocycles. The number of esters is 1. The number of nitrogens with one attached hydrogen (secondary N) is 2. The number of carbonyl (C=O) groups is 3. The number of alkyl carbamates (subject to hydrolysis) is 1. The van der Waals surface area contributed by atoms with Crippen LogP contribution in [0.4, 0.5) is 4.79 Å². The number of ether oxygens (including phenoxy) is 2. The van der Waals surface area contributed by atoms with Crippen molar-refractivity contribution >= 4 is 18.0 Å². The standard InChI is InChI=1S/C25H32N2O5/c1-25(2,3)32-24(30)27-17-15-23(29)31-18-22(28)26-16-14-21(19-10-6-4-7-11-19)20-12-8-5-9-13-20/h4-13,21H,14-18H2,1-3H3,(H,26,28)(H,27,30). The summed E-state index contributed by atoms with van der Waals surface area (Å²) in [7, 11) is 0. The molecule has 0 radical (unpaired) electrons. The molecule has 0 aliphatic rings. The van der Waals surface area contributed by atoms with E-state index in [0.717, 1.165) is 0 Å². The Kier molecular flexibility index (Phi) is 9.73. The maximum atomic E-state index is 12.1. The summed E-state index contributed by atoms with van der Waals surface area (Å²) in [6, 6.07) is 20.3. The lowest BCUT2D eigenvalue weighted by Crippen LogP contribution is -2.34. The van der Waals surface area contributed by atoms with Crippen LogP contribution in [0.25, 0.3) is 0 Å². The molecule has 2 aromatic rings. The van der Waals surface area contributed by atoms with E-state index in [1.54, 1.807) is 20.8 Å². The van der Waals surface area contributed by atoms with Crippen LogP contribution >= 0.6 is 0 Å². The topological polar surface area (TPSA) is 93.7 Å². The number of hydrogen-bond acceptors (Lipinski definition) is 5. The minimum Gasteiger partial charge on any atom is -0.456 e. The van der Waals surface area contributed by atoms with Crippen LogP contribution in [0.15, 0.2) is 60.7 Å². The molecule has 0 bridgehead atoms. The number of rotatable bonds is 10. The zero-order valence-electron chi connectivity index (χ0n) is 18.9. The Morgan fingerprint density at radius 2 is 1.41 bits per heavy atom. The lowest BCUT2D eigenvalue weighted by Gasteiger charge is -2.19. The molecule has 32 heavy (non-hydrogen) atoms. The summed E-state index contributed by atoms with van der Waals surface area (Å²) >= 11 is 0. The third-order valence-electron chi connectivity index (χ3n) is 4.52. The molecule has 172 valence electrons. The summed E-state index contributed by atoms with van der Waals surface area (Å²) < 4.78 is 10.0. The average molecular weight is 441 g/mol.